The molecule has 202 valence electrons. The molecule has 4 nitrogen and oxygen atoms in total. The maximum atomic E-state index is 12.0. The molecular weight excluding hydrogens is 470 g/mol. The van der Waals surface area contributed by atoms with Crippen LogP contribution in [0.15, 0.2) is 47.1 Å². The van der Waals surface area contributed by atoms with E-state index in [1.807, 2.05) is 38.1 Å². The predicted molar refractivity (Wildman–Crippen MR) is 155 cm³/mol. The van der Waals surface area contributed by atoms with E-state index in [0.29, 0.717) is 5.75 Å². The van der Waals surface area contributed by atoms with Gasteiger partial charge in [0.25, 0.3) is 0 Å². The van der Waals surface area contributed by atoms with Crippen LogP contribution in [0.1, 0.15) is 90.7 Å². The summed E-state index contributed by atoms with van der Waals surface area (Å²) in [5.74, 6) is 1.33. The first-order chi connectivity index (χ1) is 16.5. The summed E-state index contributed by atoms with van der Waals surface area (Å²) in [6.45, 7) is 13.3. The van der Waals surface area contributed by atoms with Gasteiger partial charge in [0.15, 0.2) is 0 Å². The molecule has 0 amide bonds. The quantitative estimate of drug-likeness (QED) is 0.159. The fraction of sp³-hybridized carbons (Fsp3) is 0.581. The molecule has 0 saturated carbocycles. The van der Waals surface area contributed by atoms with Gasteiger partial charge >= 0.3 is 5.97 Å². The molecule has 1 aromatic rings. The molecule has 36 heavy (non-hydrogen) atoms. The van der Waals surface area contributed by atoms with Crippen molar-refractivity contribution in [3.63, 3.8) is 0 Å². The third kappa shape index (κ3) is 11.3. The second-order valence-electron chi connectivity index (χ2n) is 11.0. The van der Waals surface area contributed by atoms with Gasteiger partial charge in [0.05, 0.1) is 6.54 Å². The maximum Gasteiger partial charge on any atom is 0.325 e. The normalized spacial score (nSPS) is 17.7. The molecule has 1 aliphatic rings. The van der Waals surface area contributed by atoms with E-state index < -0.39 is 0 Å². The average Bonchev–Trinajstić information content (AvgIpc) is 2.73. The molecule has 0 saturated heterocycles. The molecular formula is C31H48ClNO3. The molecule has 0 bridgehead atoms. The van der Waals surface area contributed by atoms with Gasteiger partial charge in [0.1, 0.15) is 17.1 Å². The number of hydrogen-bond donors (Lipinski definition) is 0. The highest BCUT2D eigenvalue weighted by atomic mass is 35.5. The number of carbonyl (C=O) groups excluding carboxylic acids is 1. The van der Waals surface area contributed by atoms with Gasteiger partial charge in [0.2, 0.25) is 0 Å². The lowest BCUT2D eigenvalue weighted by Crippen LogP contribution is -2.36. The maximum absolute atomic E-state index is 12.0. The number of fused-ring (bicyclic) bond motifs is 1. The van der Waals surface area contributed by atoms with E-state index in [2.05, 4.69) is 52.8 Å². The summed E-state index contributed by atoms with van der Waals surface area (Å²) in [7, 11) is 3.72. The van der Waals surface area contributed by atoms with Crippen molar-refractivity contribution in [2.75, 3.05) is 20.6 Å². The van der Waals surface area contributed by atoms with Crippen molar-refractivity contribution in [2.45, 2.75) is 98.5 Å². The number of ether oxygens (including phenoxy) is 2. The number of rotatable bonds is 12. The number of halogens is 1. The number of allylic oxidation sites excluding steroid dienone is 6. The Morgan fingerprint density at radius 1 is 1.03 bits per heavy atom. The molecule has 1 atom stereocenters. The molecule has 0 fully saturated rings. The van der Waals surface area contributed by atoms with E-state index in [1.165, 1.54) is 16.7 Å². The monoisotopic (exact) mass is 517 g/mol. The average molecular weight is 518 g/mol. The molecule has 1 aliphatic heterocycles. The van der Waals surface area contributed by atoms with Crippen LogP contribution < -0.4 is 9.47 Å². The third-order valence-electron chi connectivity index (χ3n) is 6.56. The summed E-state index contributed by atoms with van der Waals surface area (Å²) in [6, 6.07) is 3.88. The van der Waals surface area contributed by atoms with Crippen molar-refractivity contribution in [3.8, 4) is 11.5 Å². The lowest BCUT2D eigenvalue weighted by molar-refractivity contribution is -0.135. The van der Waals surface area contributed by atoms with Crippen LogP contribution in [-0.4, -0.2) is 37.1 Å². The Balaban J connectivity index is 0.00000648. The van der Waals surface area contributed by atoms with Gasteiger partial charge in [0, 0.05) is 0 Å². The minimum Gasteiger partial charge on any atom is -0.487 e. The van der Waals surface area contributed by atoms with Crippen LogP contribution in [0.5, 0.6) is 11.5 Å². The Morgan fingerprint density at radius 2 is 1.64 bits per heavy atom. The molecule has 0 spiro atoms. The Kier molecular flexibility index (Phi) is 13.6. The van der Waals surface area contributed by atoms with Gasteiger partial charge in [-0.25, -0.2) is 0 Å². The smallest absolute Gasteiger partial charge is 0.325 e. The zero-order valence-corrected chi connectivity index (χ0v) is 24.6. The second kappa shape index (κ2) is 15.3. The lowest BCUT2D eigenvalue weighted by Gasteiger charge is -2.37. The first-order valence-corrected chi connectivity index (χ1v) is 13.1. The molecule has 0 aliphatic carbocycles. The molecule has 1 heterocycles. The molecule has 5 heteroatoms. The van der Waals surface area contributed by atoms with Crippen LogP contribution in [0, 0.1) is 6.92 Å². The summed E-state index contributed by atoms with van der Waals surface area (Å²) in [4.78, 5) is 13.8. The van der Waals surface area contributed by atoms with Crippen LogP contribution in [0.25, 0.3) is 0 Å². The Morgan fingerprint density at radius 3 is 2.25 bits per heavy atom. The lowest BCUT2D eigenvalue weighted by atomic mass is 9.87. The number of aryl methyl sites for hydroxylation is 2. The number of esters is 1. The van der Waals surface area contributed by atoms with Gasteiger partial charge < -0.3 is 9.47 Å². The van der Waals surface area contributed by atoms with Crippen molar-refractivity contribution in [1.82, 2.24) is 4.90 Å². The van der Waals surface area contributed by atoms with Crippen molar-refractivity contribution < 1.29 is 14.3 Å². The van der Waals surface area contributed by atoms with Crippen molar-refractivity contribution in [2.24, 2.45) is 0 Å². The standard InChI is InChI=1S/C31H47NO3.ClH/c1-23(2)12-9-13-24(3)14-10-15-25(4)16-11-18-31(6)19-17-27-21-28(20-26(5)30(27)35-31)34-29(33)22-32(7)8;/h12,14,16,20-21H,9-11,13,15,17-19,22H2,1-8H3;1H/b24-14+,25-16+;. The summed E-state index contributed by atoms with van der Waals surface area (Å²) in [6.07, 6.45) is 15.6. The molecule has 2 rings (SSSR count). The zero-order valence-electron chi connectivity index (χ0n) is 23.8. The summed E-state index contributed by atoms with van der Waals surface area (Å²) in [5, 5.41) is 0. The minimum atomic E-state index is -0.243. The highest BCUT2D eigenvalue weighted by molar-refractivity contribution is 5.85. The van der Waals surface area contributed by atoms with Crippen LogP contribution in [0.3, 0.4) is 0 Å². The number of hydrogen-bond acceptors (Lipinski definition) is 4. The highest BCUT2D eigenvalue weighted by Gasteiger charge is 2.32. The van der Waals surface area contributed by atoms with Crippen molar-refractivity contribution in [1.29, 1.82) is 0 Å². The van der Waals surface area contributed by atoms with Gasteiger partial charge in [-0.2, -0.15) is 0 Å². The Hall–Kier alpha value is -2.04. The van der Waals surface area contributed by atoms with E-state index in [9.17, 15) is 4.79 Å². The zero-order chi connectivity index (χ0) is 26.0. The van der Waals surface area contributed by atoms with Gasteiger partial charge in [-0.15, -0.1) is 12.4 Å². The van der Waals surface area contributed by atoms with E-state index in [-0.39, 0.29) is 30.5 Å². The second-order valence-corrected chi connectivity index (χ2v) is 11.0. The van der Waals surface area contributed by atoms with Crippen LogP contribution in [0.2, 0.25) is 0 Å². The van der Waals surface area contributed by atoms with Crippen LogP contribution in [0.4, 0.5) is 0 Å². The largest absolute Gasteiger partial charge is 0.487 e. The highest BCUT2D eigenvalue weighted by Crippen LogP contribution is 2.40. The molecule has 1 unspecified atom stereocenters. The third-order valence-corrected chi connectivity index (χ3v) is 6.56. The molecule has 0 N–H and O–H groups in total. The summed E-state index contributed by atoms with van der Waals surface area (Å²) >= 11 is 0. The van der Waals surface area contributed by atoms with Crippen molar-refractivity contribution >= 4 is 18.4 Å². The summed E-state index contributed by atoms with van der Waals surface area (Å²) in [5.41, 5.74) is 6.34. The van der Waals surface area contributed by atoms with E-state index >= 15 is 0 Å². The number of likely N-dealkylation sites (N-methyl/N-ethyl adjacent to an activating group) is 1. The predicted octanol–water partition coefficient (Wildman–Crippen LogP) is 8.17. The first kappa shape index (κ1) is 32.0. The van der Waals surface area contributed by atoms with Gasteiger partial charge in [-0.3, -0.25) is 9.69 Å². The fourth-order valence-corrected chi connectivity index (χ4v) is 4.46. The minimum absolute atomic E-state index is 0. The van der Waals surface area contributed by atoms with Crippen LogP contribution in [-0.2, 0) is 11.2 Å². The van der Waals surface area contributed by atoms with Crippen molar-refractivity contribution in [3.05, 3.63) is 58.2 Å². The molecule has 0 radical (unpaired) electrons. The van der Waals surface area contributed by atoms with E-state index in [0.717, 1.165) is 68.2 Å². The Bertz CT molecular complexity index is 957. The Labute approximate surface area is 226 Å². The number of nitrogens with zero attached hydrogens (tertiary/aromatic N) is 1. The number of carbonyl (C=O) groups is 1. The van der Waals surface area contributed by atoms with Gasteiger partial charge in [-0.05, 0) is 130 Å². The summed E-state index contributed by atoms with van der Waals surface area (Å²) < 4.78 is 12.1. The first-order valence-electron chi connectivity index (χ1n) is 13.1. The molecule has 1 aromatic carbocycles. The molecule has 0 aromatic heterocycles. The van der Waals surface area contributed by atoms with Gasteiger partial charge in [-0.1, -0.05) is 34.9 Å². The number of benzene rings is 1. The van der Waals surface area contributed by atoms with Crippen LogP contribution >= 0.6 is 12.4 Å². The van der Waals surface area contributed by atoms with E-state index in [1.54, 1.807) is 0 Å². The SMILES string of the molecule is CC(C)=CCC/C(C)=C/CC/C(C)=C/CCC1(C)CCc2cc(OC(=O)CN(C)C)cc(C)c2O1.Cl. The van der Waals surface area contributed by atoms with E-state index in [4.69, 9.17) is 9.47 Å². The topological polar surface area (TPSA) is 38.8 Å². The fourth-order valence-electron chi connectivity index (χ4n) is 4.46.